The minimum absolute atomic E-state index is 0.0358. The molecule has 0 bridgehead atoms. The van der Waals surface area contributed by atoms with Crippen molar-refractivity contribution in [2.45, 2.75) is 57.8 Å². The van der Waals surface area contributed by atoms with Crippen molar-refractivity contribution >= 4 is 0 Å². The first-order valence-corrected chi connectivity index (χ1v) is 7.66. The van der Waals surface area contributed by atoms with Crippen LogP contribution in [0.1, 0.15) is 51.3 Å². The maximum absolute atomic E-state index is 10.1. The molecule has 4 nitrogen and oxygen atoms in total. The highest BCUT2D eigenvalue weighted by atomic mass is 16.5. The van der Waals surface area contributed by atoms with Gasteiger partial charge >= 0.3 is 0 Å². The van der Waals surface area contributed by atoms with Gasteiger partial charge in [0.25, 0.3) is 0 Å². The molecule has 0 radical (unpaired) electrons. The Kier molecular flexibility index (Phi) is 4.91. The molecular formula is C17H27NO3. The summed E-state index contributed by atoms with van der Waals surface area (Å²) < 4.78 is 5.68. The van der Waals surface area contributed by atoms with Gasteiger partial charge in [-0.1, -0.05) is 33.8 Å². The molecule has 2 rings (SSSR count). The molecule has 118 valence electrons. The first kappa shape index (κ1) is 16.3. The highest BCUT2D eigenvalue weighted by Gasteiger charge is 2.36. The Morgan fingerprint density at radius 2 is 2.10 bits per heavy atom. The van der Waals surface area contributed by atoms with Gasteiger partial charge in [-0.15, -0.1) is 0 Å². The van der Waals surface area contributed by atoms with E-state index in [-0.39, 0.29) is 18.1 Å². The highest BCUT2D eigenvalue weighted by molar-refractivity contribution is 5.45. The quantitative estimate of drug-likeness (QED) is 0.752. The molecule has 0 aliphatic heterocycles. The summed E-state index contributed by atoms with van der Waals surface area (Å²) in [4.78, 5) is 0. The van der Waals surface area contributed by atoms with Crippen molar-refractivity contribution in [3.05, 3.63) is 29.3 Å². The summed E-state index contributed by atoms with van der Waals surface area (Å²) in [6.07, 6.45) is -0.170. The maximum Gasteiger partial charge on any atom is 0.119 e. The van der Waals surface area contributed by atoms with Crippen LogP contribution in [0.4, 0.5) is 0 Å². The smallest absolute Gasteiger partial charge is 0.119 e. The third-order valence-corrected chi connectivity index (χ3v) is 4.02. The highest BCUT2D eigenvalue weighted by Crippen LogP contribution is 2.45. The predicted molar refractivity (Wildman–Crippen MR) is 83.7 cm³/mol. The Hall–Kier alpha value is -1.10. The standard InChI is InChI=1S/C17H27NO3/c1-11(2)18-9-12(19)10-21-13-5-6-14-15(7-13)17(3,4)8-16(14)20/h5-7,11-12,16,18-20H,8-10H2,1-4H3. The lowest BCUT2D eigenvalue weighted by Crippen LogP contribution is -2.35. The van der Waals surface area contributed by atoms with Crippen LogP contribution < -0.4 is 10.1 Å². The molecule has 0 saturated carbocycles. The molecule has 2 unspecified atom stereocenters. The van der Waals surface area contributed by atoms with E-state index in [1.165, 1.54) is 0 Å². The van der Waals surface area contributed by atoms with E-state index in [1.807, 2.05) is 32.0 Å². The maximum atomic E-state index is 10.1. The average Bonchev–Trinajstić information content (AvgIpc) is 2.64. The zero-order chi connectivity index (χ0) is 15.6. The average molecular weight is 293 g/mol. The number of rotatable bonds is 6. The fraction of sp³-hybridized carbons (Fsp3) is 0.647. The lowest BCUT2D eigenvalue weighted by atomic mass is 9.86. The second kappa shape index (κ2) is 6.34. The van der Waals surface area contributed by atoms with E-state index in [9.17, 15) is 10.2 Å². The van der Waals surface area contributed by atoms with Crippen LogP contribution in [0.2, 0.25) is 0 Å². The summed E-state index contributed by atoms with van der Waals surface area (Å²) in [6, 6.07) is 6.14. The Morgan fingerprint density at radius 1 is 1.38 bits per heavy atom. The van der Waals surface area contributed by atoms with Gasteiger partial charge in [0.1, 0.15) is 18.5 Å². The van der Waals surface area contributed by atoms with E-state index in [4.69, 9.17) is 4.74 Å². The van der Waals surface area contributed by atoms with Crippen molar-refractivity contribution in [3.63, 3.8) is 0 Å². The van der Waals surface area contributed by atoms with Crippen LogP contribution in [-0.2, 0) is 5.41 Å². The zero-order valence-corrected chi connectivity index (χ0v) is 13.4. The zero-order valence-electron chi connectivity index (χ0n) is 13.4. The van der Waals surface area contributed by atoms with Crippen LogP contribution in [-0.4, -0.2) is 35.5 Å². The van der Waals surface area contributed by atoms with Crippen molar-refractivity contribution in [2.24, 2.45) is 0 Å². The minimum atomic E-state index is -0.528. The summed E-state index contributed by atoms with van der Waals surface area (Å²) in [7, 11) is 0. The third kappa shape index (κ3) is 3.96. The van der Waals surface area contributed by atoms with Crippen molar-refractivity contribution in [1.29, 1.82) is 0 Å². The van der Waals surface area contributed by atoms with Crippen LogP contribution in [0, 0.1) is 0 Å². The van der Waals surface area contributed by atoms with Gasteiger partial charge in [-0.25, -0.2) is 0 Å². The number of hydrogen-bond donors (Lipinski definition) is 3. The number of ether oxygens (including phenoxy) is 1. The number of nitrogens with one attached hydrogen (secondary N) is 1. The fourth-order valence-corrected chi connectivity index (χ4v) is 2.83. The van der Waals surface area contributed by atoms with E-state index in [2.05, 4.69) is 19.2 Å². The van der Waals surface area contributed by atoms with Gasteiger partial charge < -0.3 is 20.3 Å². The number of fused-ring (bicyclic) bond motifs is 1. The molecule has 3 N–H and O–H groups in total. The first-order valence-electron chi connectivity index (χ1n) is 7.66. The summed E-state index contributed by atoms with van der Waals surface area (Å²) in [5.41, 5.74) is 2.10. The first-order chi connectivity index (χ1) is 9.79. The summed E-state index contributed by atoms with van der Waals surface area (Å²) in [5, 5.41) is 23.1. The molecule has 21 heavy (non-hydrogen) atoms. The lowest BCUT2D eigenvalue weighted by molar-refractivity contribution is 0.104. The van der Waals surface area contributed by atoms with Gasteiger partial charge in [0.15, 0.2) is 0 Å². The fourth-order valence-electron chi connectivity index (χ4n) is 2.83. The van der Waals surface area contributed by atoms with Crippen LogP contribution in [0.3, 0.4) is 0 Å². The summed E-state index contributed by atoms with van der Waals surface area (Å²) in [5.74, 6) is 0.750. The van der Waals surface area contributed by atoms with E-state index in [0.717, 1.165) is 23.3 Å². The molecule has 1 aliphatic rings. The Bertz CT molecular complexity index is 485. The molecule has 2 atom stereocenters. The van der Waals surface area contributed by atoms with Gasteiger partial charge in [0.05, 0.1) is 6.10 Å². The normalized spacial score (nSPS) is 21.4. The second-order valence-electron chi connectivity index (χ2n) is 6.88. The van der Waals surface area contributed by atoms with Gasteiger partial charge in [-0.2, -0.15) is 0 Å². The van der Waals surface area contributed by atoms with Crippen LogP contribution in [0.25, 0.3) is 0 Å². The SMILES string of the molecule is CC(C)NCC(O)COc1ccc2c(c1)C(C)(C)CC2O. The number of aliphatic hydroxyl groups excluding tert-OH is 2. The van der Waals surface area contributed by atoms with Crippen LogP contribution in [0.5, 0.6) is 5.75 Å². The predicted octanol–water partition coefficient (Wildman–Crippen LogP) is 2.14. The molecule has 0 spiro atoms. The van der Waals surface area contributed by atoms with Crippen LogP contribution >= 0.6 is 0 Å². The monoisotopic (exact) mass is 293 g/mol. The second-order valence-corrected chi connectivity index (χ2v) is 6.88. The van der Waals surface area contributed by atoms with Gasteiger partial charge in [0, 0.05) is 12.6 Å². The number of hydrogen-bond acceptors (Lipinski definition) is 4. The molecule has 1 aromatic rings. The molecule has 1 aromatic carbocycles. The summed E-state index contributed by atoms with van der Waals surface area (Å²) in [6.45, 7) is 9.14. The van der Waals surface area contributed by atoms with E-state index >= 15 is 0 Å². The molecule has 0 fully saturated rings. The topological polar surface area (TPSA) is 61.7 Å². The summed E-state index contributed by atoms with van der Waals surface area (Å²) >= 11 is 0. The molecule has 0 heterocycles. The lowest BCUT2D eigenvalue weighted by Gasteiger charge is -2.20. The Labute approximate surface area is 127 Å². The molecule has 4 heteroatoms. The van der Waals surface area contributed by atoms with E-state index < -0.39 is 6.10 Å². The van der Waals surface area contributed by atoms with Crippen molar-refractivity contribution in [1.82, 2.24) is 5.32 Å². The third-order valence-electron chi connectivity index (χ3n) is 4.02. The molecule has 1 aliphatic carbocycles. The Balaban J connectivity index is 1.97. The molecular weight excluding hydrogens is 266 g/mol. The van der Waals surface area contributed by atoms with Gasteiger partial charge in [0.2, 0.25) is 0 Å². The van der Waals surface area contributed by atoms with Crippen molar-refractivity contribution in [3.8, 4) is 5.75 Å². The molecule has 0 saturated heterocycles. The van der Waals surface area contributed by atoms with Crippen molar-refractivity contribution in [2.75, 3.05) is 13.2 Å². The molecule has 0 amide bonds. The van der Waals surface area contributed by atoms with Crippen LogP contribution in [0.15, 0.2) is 18.2 Å². The molecule has 0 aromatic heterocycles. The van der Waals surface area contributed by atoms with Gasteiger partial charge in [-0.3, -0.25) is 0 Å². The van der Waals surface area contributed by atoms with E-state index in [1.54, 1.807) is 0 Å². The van der Waals surface area contributed by atoms with E-state index in [0.29, 0.717) is 12.6 Å². The largest absolute Gasteiger partial charge is 0.491 e. The van der Waals surface area contributed by atoms with Gasteiger partial charge in [-0.05, 0) is 35.1 Å². The number of benzene rings is 1. The minimum Gasteiger partial charge on any atom is -0.491 e. The Morgan fingerprint density at radius 3 is 2.76 bits per heavy atom. The number of aliphatic hydroxyl groups is 2. The van der Waals surface area contributed by atoms with Crippen molar-refractivity contribution < 1.29 is 14.9 Å².